The molecule has 1 aliphatic rings. The molecule has 1 aliphatic carbocycles. The van der Waals surface area contributed by atoms with Gasteiger partial charge in [-0.2, -0.15) is 0 Å². The number of aromatic nitrogens is 4. The van der Waals surface area contributed by atoms with Crippen LogP contribution in [0.1, 0.15) is 52.6 Å². The smallest absolute Gasteiger partial charge is 0.192 e. The van der Waals surface area contributed by atoms with Crippen molar-refractivity contribution in [3.63, 3.8) is 0 Å². The van der Waals surface area contributed by atoms with E-state index in [0.717, 1.165) is 52.4 Å². The van der Waals surface area contributed by atoms with Crippen LogP contribution < -0.4 is 0 Å². The van der Waals surface area contributed by atoms with E-state index in [4.69, 9.17) is 0 Å². The summed E-state index contributed by atoms with van der Waals surface area (Å²) in [5, 5.41) is 12.7. The molecule has 1 saturated carbocycles. The van der Waals surface area contributed by atoms with Crippen molar-refractivity contribution in [2.45, 2.75) is 49.6 Å². The molecule has 0 spiro atoms. The molecule has 0 radical (unpaired) electrons. The highest BCUT2D eigenvalue weighted by Gasteiger charge is 2.32. The zero-order valence-electron chi connectivity index (χ0n) is 16.4. The number of aryl methyl sites for hydroxylation is 1. The summed E-state index contributed by atoms with van der Waals surface area (Å²) in [7, 11) is 0. The Morgan fingerprint density at radius 3 is 2.86 bits per heavy atom. The molecule has 0 bridgehead atoms. The summed E-state index contributed by atoms with van der Waals surface area (Å²) < 4.78 is 2.26. The second-order valence-electron chi connectivity index (χ2n) is 7.55. The van der Waals surface area contributed by atoms with Crippen LogP contribution in [0.3, 0.4) is 0 Å². The molecule has 29 heavy (non-hydrogen) atoms. The molecule has 1 N–H and O–H groups in total. The molecule has 1 atom stereocenters. The van der Waals surface area contributed by atoms with Crippen molar-refractivity contribution >= 4 is 39.8 Å². The summed E-state index contributed by atoms with van der Waals surface area (Å²) in [5.41, 5.74) is 2.72. The number of para-hydroxylation sites is 1. The van der Waals surface area contributed by atoms with Crippen LogP contribution in [0, 0.1) is 6.92 Å². The fourth-order valence-corrected chi connectivity index (χ4v) is 5.48. The van der Waals surface area contributed by atoms with Gasteiger partial charge in [-0.3, -0.25) is 4.79 Å². The second kappa shape index (κ2) is 7.46. The third-order valence-electron chi connectivity index (χ3n) is 5.35. The van der Waals surface area contributed by atoms with Crippen molar-refractivity contribution < 1.29 is 4.79 Å². The average molecular weight is 423 g/mol. The Kier molecular flexibility index (Phi) is 4.80. The first kappa shape index (κ1) is 18.6. The van der Waals surface area contributed by atoms with Crippen LogP contribution in [0.15, 0.2) is 46.9 Å². The van der Waals surface area contributed by atoms with E-state index in [0.29, 0.717) is 6.04 Å². The largest absolute Gasteiger partial charge is 0.358 e. The van der Waals surface area contributed by atoms with E-state index in [-0.39, 0.29) is 11.0 Å². The fraction of sp³-hybridized carbons (Fsp3) is 0.318. The minimum absolute atomic E-state index is 0.134. The monoisotopic (exact) mass is 422 g/mol. The molecule has 1 aromatic carbocycles. The number of aromatic amines is 1. The standard InChI is InChI=1S/C22H22N4OS2/c1-13-20(17-7-3-4-8-18(17)23-13)21(27)14(2)29-22-25-24-19(26(22)15-9-10-15)12-16-6-5-11-28-16/h3-8,11,14-15,23H,9-10,12H2,1-2H3. The quantitative estimate of drug-likeness (QED) is 0.319. The van der Waals surface area contributed by atoms with Crippen LogP contribution in [-0.4, -0.2) is 30.8 Å². The highest BCUT2D eigenvalue weighted by atomic mass is 32.2. The average Bonchev–Trinajstić information content (AvgIpc) is 3.11. The third kappa shape index (κ3) is 3.53. The number of carbonyl (C=O) groups is 1. The molecule has 4 aromatic rings. The number of nitrogens with zero attached hydrogens (tertiary/aromatic N) is 3. The van der Waals surface area contributed by atoms with Gasteiger partial charge in [0.2, 0.25) is 0 Å². The first-order valence-electron chi connectivity index (χ1n) is 9.86. The van der Waals surface area contributed by atoms with Gasteiger partial charge in [-0.25, -0.2) is 0 Å². The topological polar surface area (TPSA) is 63.6 Å². The Labute approximate surface area is 177 Å². The van der Waals surface area contributed by atoms with Crippen molar-refractivity contribution in [2.24, 2.45) is 0 Å². The van der Waals surface area contributed by atoms with Gasteiger partial charge in [0.25, 0.3) is 0 Å². The van der Waals surface area contributed by atoms with E-state index in [1.165, 1.54) is 16.6 Å². The number of rotatable bonds is 7. The van der Waals surface area contributed by atoms with Crippen LogP contribution >= 0.6 is 23.1 Å². The number of Topliss-reactive ketones (excluding diaryl/α,β-unsaturated/α-hetero) is 1. The molecule has 5 nitrogen and oxygen atoms in total. The number of nitrogens with one attached hydrogen (secondary N) is 1. The zero-order chi connectivity index (χ0) is 20.0. The van der Waals surface area contributed by atoms with Gasteiger partial charge in [0.05, 0.1) is 5.25 Å². The summed E-state index contributed by atoms with van der Waals surface area (Å²) in [6.45, 7) is 3.94. The van der Waals surface area contributed by atoms with Gasteiger partial charge < -0.3 is 9.55 Å². The summed E-state index contributed by atoms with van der Waals surface area (Å²) in [4.78, 5) is 17.9. The summed E-state index contributed by atoms with van der Waals surface area (Å²) >= 11 is 3.27. The molecule has 3 aromatic heterocycles. The molecule has 0 saturated heterocycles. The van der Waals surface area contributed by atoms with Crippen LogP contribution in [0.25, 0.3) is 10.9 Å². The lowest BCUT2D eigenvalue weighted by molar-refractivity contribution is 0.0995. The lowest BCUT2D eigenvalue weighted by Gasteiger charge is -2.12. The lowest BCUT2D eigenvalue weighted by Crippen LogP contribution is -2.15. The van der Waals surface area contributed by atoms with E-state index in [1.54, 1.807) is 11.3 Å². The molecule has 3 heterocycles. The van der Waals surface area contributed by atoms with Crippen molar-refractivity contribution in [3.05, 3.63) is 63.7 Å². The Balaban J connectivity index is 1.42. The number of thioether (sulfide) groups is 1. The molecular formula is C22H22N4OS2. The Hall–Kier alpha value is -2.38. The van der Waals surface area contributed by atoms with Crippen molar-refractivity contribution in [2.75, 3.05) is 0 Å². The molecule has 1 fully saturated rings. The number of hydrogen-bond donors (Lipinski definition) is 1. The Bertz CT molecular complexity index is 1170. The first-order chi connectivity index (χ1) is 14.1. The number of H-pyrrole nitrogens is 1. The SMILES string of the molecule is Cc1[nH]c2ccccc2c1C(=O)C(C)Sc1nnc(Cc2cccs2)n1C1CC1. The number of fused-ring (bicyclic) bond motifs is 1. The van der Waals surface area contributed by atoms with Crippen molar-refractivity contribution in [1.29, 1.82) is 0 Å². The highest BCUT2D eigenvalue weighted by molar-refractivity contribution is 8.00. The predicted molar refractivity (Wildman–Crippen MR) is 118 cm³/mol. The molecule has 0 amide bonds. The number of hydrogen-bond acceptors (Lipinski definition) is 5. The van der Waals surface area contributed by atoms with E-state index >= 15 is 0 Å². The zero-order valence-corrected chi connectivity index (χ0v) is 18.0. The first-order valence-corrected chi connectivity index (χ1v) is 11.6. The van der Waals surface area contributed by atoms with Crippen molar-refractivity contribution in [3.8, 4) is 0 Å². The highest BCUT2D eigenvalue weighted by Crippen LogP contribution is 2.40. The van der Waals surface area contributed by atoms with Gasteiger partial charge in [0.1, 0.15) is 5.82 Å². The molecule has 7 heteroatoms. The van der Waals surface area contributed by atoms with Gasteiger partial charge in [0, 0.05) is 39.5 Å². The molecule has 148 valence electrons. The van der Waals surface area contributed by atoms with E-state index in [1.807, 2.05) is 38.1 Å². The van der Waals surface area contributed by atoms with Crippen LogP contribution in [0.2, 0.25) is 0 Å². The van der Waals surface area contributed by atoms with Gasteiger partial charge >= 0.3 is 0 Å². The molecule has 0 aliphatic heterocycles. The maximum absolute atomic E-state index is 13.3. The normalized spacial score (nSPS) is 15.1. The fourth-order valence-electron chi connectivity index (χ4n) is 3.79. The van der Waals surface area contributed by atoms with E-state index in [2.05, 4.69) is 37.3 Å². The predicted octanol–water partition coefficient (Wildman–Crippen LogP) is 5.42. The van der Waals surface area contributed by atoms with Gasteiger partial charge in [-0.05, 0) is 44.2 Å². The van der Waals surface area contributed by atoms with Gasteiger partial charge in [-0.1, -0.05) is 36.0 Å². The van der Waals surface area contributed by atoms with Crippen LogP contribution in [-0.2, 0) is 6.42 Å². The summed E-state index contributed by atoms with van der Waals surface area (Å²) in [5.74, 6) is 1.13. The lowest BCUT2D eigenvalue weighted by atomic mass is 10.1. The minimum Gasteiger partial charge on any atom is -0.358 e. The molecule has 5 rings (SSSR count). The summed E-state index contributed by atoms with van der Waals surface area (Å²) in [6.07, 6.45) is 3.12. The molecule has 1 unspecified atom stereocenters. The Morgan fingerprint density at radius 1 is 1.28 bits per heavy atom. The second-order valence-corrected chi connectivity index (χ2v) is 9.89. The maximum Gasteiger partial charge on any atom is 0.192 e. The number of carbonyl (C=O) groups excluding carboxylic acids is 1. The minimum atomic E-state index is -0.232. The van der Waals surface area contributed by atoms with E-state index in [9.17, 15) is 4.79 Å². The van der Waals surface area contributed by atoms with Crippen LogP contribution in [0.4, 0.5) is 0 Å². The summed E-state index contributed by atoms with van der Waals surface area (Å²) in [6, 6.07) is 12.7. The van der Waals surface area contributed by atoms with Gasteiger partial charge in [0.15, 0.2) is 10.9 Å². The third-order valence-corrected chi connectivity index (χ3v) is 7.28. The maximum atomic E-state index is 13.3. The van der Waals surface area contributed by atoms with Crippen molar-refractivity contribution in [1.82, 2.24) is 19.7 Å². The Morgan fingerprint density at radius 2 is 2.10 bits per heavy atom. The van der Waals surface area contributed by atoms with Crippen LogP contribution in [0.5, 0.6) is 0 Å². The number of ketones is 1. The van der Waals surface area contributed by atoms with Gasteiger partial charge in [-0.15, -0.1) is 21.5 Å². The molecular weight excluding hydrogens is 400 g/mol. The number of benzene rings is 1. The van der Waals surface area contributed by atoms with E-state index < -0.39 is 0 Å². The number of thiophene rings is 1.